The number of ether oxygens (including phenoxy) is 2. The highest BCUT2D eigenvalue weighted by Gasteiger charge is 2.10. The summed E-state index contributed by atoms with van der Waals surface area (Å²) in [5, 5.41) is 20.6. The lowest BCUT2D eigenvalue weighted by molar-refractivity contribution is 0.104. The Labute approximate surface area is 198 Å². The van der Waals surface area contributed by atoms with Gasteiger partial charge in [0.2, 0.25) is 0 Å². The summed E-state index contributed by atoms with van der Waals surface area (Å²) >= 11 is 0. The molecule has 0 unspecified atom stereocenters. The van der Waals surface area contributed by atoms with E-state index in [-0.39, 0.29) is 17.1 Å². The first-order chi connectivity index (χ1) is 16.6. The van der Waals surface area contributed by atoms with Crippen LogP contribution in [0.1, 0.15) is 27.0 Å². The predicted molar refractivity (Wildman–Crippen MR) is 131 cm³/mol. The third-order valence-corrected chi connectivity index (χ3v) is 5.15. The van der Waals surface area contributed by atoms with Crippen molar-refractivity contribution in [2.24, 2.45) is 0 Å². The van der Waals surface area contributed by atoms with Gasteiger partial charge in [0.25, 0.3) is 0 Å². The van der Waals surface area contributed by atoms with Gasteiger partial charge in [-0.3, -0.25) is 4.79 Å². The van der Waals surface area contributed by atoms with E-state index in [1.807, 2.05) is 60.7 Å². The van der Waals surface area contributed by atoms with Gasteiger partial charge in [-0.25, -0.2) is 0 Å². The molecule has 5 heteroatoms. The first kappa shape index (κ1) is 22.7. The number of benzene rings is 4. The predicted octanol–water partition coefficient (Wildman–Crippen LogP) is 6.15. The van der Waals surface area contributed by atoms with Crippen LogP contribution in [0.15, 0.2) is 103 Å². The van der Waals surface area contributed by atoms with Gasteiger partial charge in [-0.15, -0.1) is 0 Å². The Morgan fingerprint density at radius 3 is 1.74 bits per heavy atom. The normalized spacial score (nSPS) is 10.8. The van der Waals surface area contributed by atoms with E-state index in [1.165, 1.54) is 30.4 Å². The average Bonchev–Trinajstić information content (AvgIpc) is 2.87. The van der Waals surface area contributed by atoms with E-state index in [2.05, 4.69) is 0 Å². The first-order valence-electron chi connectivity index (χ1n) is 10.8. The van der Waals surface area contributed by atoms with Gasteiger partial charge >= 0.3 is 0 Å². The zero-order chi connectivity index (χ0) is 23.8. The molecule has 5 nitrogen and oxygen atoms in total. The zero-order valence-electron chi connectivity index (χ0n) is 18.4. The first-order valence-corrected chi connectivity index (χ1v) is 10.8. The molecular formula is C29H24O5. The third kappa shape index (κ3) is 6.04. The van der Waals surface area contributed by atoms with E-state index in [0.717, 1.165) is 11.1 Å². The highest BCUT2D eigenvalue weighted by molar-refractivity contribution is 6.08. The highest BCUT2D eigenvalue weighted by Crippen LogP contribution is 2.27. The number of rotatable bonds is 9. The van der Waals surface area contributed by atoms with Crippen LogP contribution in [-0.4, -0.2) is 16.0 Å². The van der Waals surface area contributed by atoms with Gasteiger partial charge in [-0.05, 0) is 47.5 Å². The molecule has 34 heavy (non-hydrogen) atoms. The average molecular weight is 453 g/mol. The van der Waals surface area contributed by atoms with Crippen molar-refractivity contribution in [2.75, 3.05) is 0 Å². The number of phenols is 2. The van der Waals surface area contributed by atoms with Crippen molar-refractivity contribution >= 4 is 11.9 Å². The summed E-state index contributed by atoms with van der Waals surface area (Å²) in [7, 11) is 0. The van der Waals surface area contributed by atoms with Crippen molar-refractivity contribution < 1.29 is 24.5 Å². The van der Waals surface area contributed by atoms with Crippen LogP contribution in [0.5, 0.6) is 23.0 Å². The summed E-state index contributed by atoms with van der Waals surface area (Å²) in [5.41, 5.74) is 2.63. The Hall–Kier alpha value is -4.51. The number of phenolic OH excluding ortho intramolecular Hbond substituents is 2. The van der Waals surface area contributed by atoms with Crippen molar-refractivity contribution in [1.82, 2.24) is 0 Å². The van der Waals surface area contributed by atoms with Crippen LogP contribution in [-0.2, 0) is 13.2 Å². The minimum absolute atomic E-state index is 0.0107. The molecular weight excluding hydrogens is 428 g/mol. The Morgan fingerprint density at radius 1 is 0.676 bits per heavy atom. The second kappa shape index (κ2) is 10.9. The minimum atomic E-state index is -0.393. The molecule has 4 aromatic rings. The van der Waals surface area contributed by atoms with E-state index < -0.39 is 5.78 Å². The summed E-state index contributed by atoms with van der Waals surface area (Å²) in [5.74, 6) is 0.410. The fraction of sp³-hybridized carbons (Fsp3) is 0.0690. The van der Waals surface area contributed by atoms with Crippen molar-refractivity contribution in [1.29, 1.82) is 0 Å². The van der Waals surface area contributed by atoms with Crippen LogP contribution in [0.25, 0.3) is 6.08 Å². The van der Waals surface area contributed by atoms with Crippen molar-refractivity contribution in [2.45, 2.75) is 13.2 Å². The fourth-order valence-corrected chi connectivity index (χ4v) is 3.30. The largest absolute Gasteiger partial charge is 0.507 e. The third-order valence-electron chi connectivity index (χ3n) is 5.15. The van der Waals surface area contributed by atoms with Crippen LogP contribution < -0.4 is 9.47 Å². The maximum absolute atomic E-state index is 12.6. The van der Waals surface area contributed by atoms with Crippen LogP contribution in [0.3, 0.4) is 0 Å². The molecule has 2 N–H and O–H groups in total. The van der Waals surface area contributed by atoms with Gasteiger partial charge in [0.1, 0.15) is 36.2 Å². The molecule has 0 amide bonds. The second-order valence-corrected chi connectivity index (χ2v) is 7.65. The van der Waals surface area contributed by atoms with Crippen molar-refractivity contribution in [3.63, 3.8) is 0 Å². The van der Waals surface area contributed by atoms with Gasteiger partial charge in [-0.2, -0.15) is 0 Å². The molecule has 0 atom stereocenters. The van der Waals surface area contributed by atoms with Crippen LogP contribution in [0.2, 0.25) is 0 Å². The smallest absolute Gasteiger partial charge is 0.189 e. The SMILES string of the molecule is O=C(/C=C/c1ccc(OCc2ccccc2)cc1O)c1ccc(OCc2ccccc2)cc1O. The number of carbonyl (C=O) groups is 1. The molecule has 0 aromatic heterocycles. The van der Waals surface area contributed by atoms with Gasteiger partial charge in [-0.1, -0.05) is 60.7 Å². The molecule has 170 valence electrons. The molecule has 0 aliphatic rings. The van der Waals surface area contributed by atoms with Gasteiger partial charge in [0, 0.05) is 17.7 Å². The number of allylic oxidation sites excluding steroid dienone is 1. The Bertz CT molecular complexity index is 1280. The molecule has 0 aliphatic carbocycles. The number of aromatic hydroxyl groups is 2. The summed E-state index contributed by atoms with van der Waals surface area (Å²) in [4.78, 5) is 12.6. The molecule has 4 aromatic carbocycles. The van der Waals surface area contributed by atoms with E-state index in [9.17, 15) is 15.0 Å². The number of carbonyl (C=O) groups excluding carboxylic acids is 1. The molecule has 0 spiro atoms. The maximum Gasteiger partial charge on any atom is 0.189 e. The van der Waals surface area contributed by atoms with E-state index >= 15 is 0 Å². The van der Waals surface area contributed by atoms with Crippen molar-refractivity contribution in [3.8, 4) is 23.0 Å². The van der Waals surface area contributed by atoms with Crippen LogP contribution in [0, 0.1) is 0 Å². The maximum atomic E-state index is 12.6. The highest BCUT2D eigenvalue weighted by atomic mass is 16.5. The van der Waals surface area contributed by atoms with Crippen molar-refractivity contribution in [3.05, 3.63) is 125 Å². The molecule has 0 saturated heterocycles. The van der Waals surface area contributed by atoms with Crippen LogP contribution in [0.4, 0.5) is 0 Å². The molecule has 0 aliphatic heterocycles. The van der Waals surface area contributed by atoms with Gasteiger partial charge in [0.05, 0.1) is 5.56 Å². The van der Waals surface area contributed by atoms with E-state index in [1.54, 1.807) is 18.2 Å². The lowest BCUT2D eigenvalue weighted by Crippen LogP contribution is -1.98. The fourth-order valence-electron chi connectivity index (χ4n) is 3.30. The zero-order valence-corrected chi connectivity index (χ0v) is 18.4. The number of ketones is 1. The lowest BCUT2D eigenvalue weighted by atomic mass is 10.1. The molecule has 0 heterocycles. The monoisotopic (exact) mass is 452 g/mol. The lowest BCUT2D eigenvalue weighted by Gasteiger charge is -2.09. The second-order valence-electron chi connectivity index (χ2n) is 7.65. The summed E-state index contributed by atoms with van der Waals surface area (Å²) < 4.78 is 11.4. The summed E-state index contributed by atoms with van der Waals surface area (Å²) in [6, 6.07) is 28.9. The molecule has 0 bridgehead atoms. The summed E-state index contributed by atoms with van der Waals surface area (Å²) in [6.07, 6.45) is 2.80. The molecule has 0 radical (unpaired) electrons. The molecule has 0 saturated carbocycles. The Kier molecular flexibility index (Phi) is 7.25. The Balaban J connectivity index is 1.37. The molecule has 4 rings (SSSR count). The number of hydrogen-bond acceptors (Lipinski definition) is 5. The van der Waals surface area contributed by atoms with E-state index in [0.29, 0.717) is 30.3 Å². The minimum Gasteiger partial charge on any atom is -0.507 e. The van der Waals surface area contributed by atoms with E-state index in [4.69, 9.17) is 9.47 Å². The standard InChI is InChI=1S/C29H24O5/c30-27(26-15-14-25(18-29(26)32)34-20-22-9-5-2-6-10-22)16-12-23-11-13-24(17-28(23)31)33-19-21-7-3-1-4-8-21/h1-18,31-32H,19-20H2/b16-12+. The van der Waals surface area contributed by atoms with Crippen LogP contribution >= 0.6 is 0 Å². The van der Waals surface area contributed by atoms with Gasteiger partial charge < -0.3 is 19.7 Å². The molecule has 0 fully saturated rings. The van der Waals surface area contributed by atoms with Gasteiger partial charge in [0.15, 0.2) is 5.78 Å². The topological polar surface area (TPSA) is 76.0 Å². The number of hydrogen-bond donors (Lipinski definition) is 2. The summed E-state index contributed by atoms with van der Waals surface area (Å²) in [6.45, 7) is 0.746. The quantitative estimate of drug-likeness (QED) is 0.235. The Morgan fingerprint density at radius 2 is 1.21 bits per heavy atom.